The first-order chi connectivity index (χ1) is 8.47. The van der Waals surface area contributed by atoms with E-state index in [0.717, 1.165) is 11.4 Å². The molecule has 0 radical (unpaired) electrons. The van der Waals surface area contributed by atoms with Gasteiger partial charge in [-0.25, -0.2) is 13.8 Å². The third-order valence-electron chi connectivity index (χ3n) is 4.42. The van der Waals surface area contributed by atoms with Gasteiger partial charge in [-0.2, -0.15) is 0 Å². The van der Waals surface area contributed by atoms with Crippen LogP contribution in [-0.4, -0.2) is 24.0 Å². The predicted molar refractivity (Wildman–Crippen MR) is 65.6 cm³/mol. The van der Waals surface area contributed by atoms with Gasteiger partial charge in [0, 0.05) is 37.7 Å². The van der Waals surface area contributed by atoms with E-state index in [4.69, 9.17) is 5.73 Å². The van der Waals surface area contributed by atoms with Crippen LogP contribution in [0.5, 0.6) is 0 Å². The van der Waals surface area contributed by atoms with Gasteiger partial charge in [-0.1, -0.05) is 6.07 Å². The highest BCUT2D eigenvalue weighted by Crippen LogP contribution is 2.71. The van der Waals surface area contributed by atoms with Gasteiger partial charge in [0.05, 0.1) is 0 Å². The molecule has 2 aliphatic rings. The number of aromatic nitrogens is 1. The lowest BCUT2D eigenvalue weighted by atomic mass is 9.75. The van der Waals surface area contributed by atoms with Crippen molar-refractivity contribution in [1.82, 2.24) is 4.98 Å². The van der Waals surface area contributed by atoms with Crippen LogP contribution in [0.25, 0.3) is 0 Å². The lowest BCUT2D eigenvalue weighted by Gasteiger charge is -2.42. The Kier molecular flexibility index (Phi) is 2.39. The summed E-state index contributed by atoms with van der Waals surface area (Å²) < 4.78 is 26.2. The smallest absolute Gasteiger partial charge is 0.254 e. The molecule has 5 heteroatoms. The Hall–Kier alpha value is -1.23. The summed E-state index contributed by atoms with van der Waals surface area (Å²) in [4.78, 5) is 6.32. The first-order valence-electron chi connectivity index (χ1n) is 6.23. The van der Waals surface area contributed by atoms with Gasteiger partial charge in [0.25, 0.3) is 5.92 Å². The number of pyridine rings is 1. The number of alkyl halides is 2. The second-order valence-corrected chi connectivity index (χ2v) is 5.56. The third kappa shape index (κ3) is 1.61. The van der Waals surface area contributed by atoms with Gasteiger partial charge in [0.1, 0.15) is 5.82 Å². The van der Waals surface area contributed by atoms with E-state index < -0.39 is 11.3 Å². The largest absolute Gasteiger partial charge is 0.357 e. The summed E-state index contributed by atoms with van der Waals surface area (Å²) in [6.07, 6.45) is 2.98. The molecule has 1 aromatic heterocycles. The Morgan fingerprint density at radius 1 is 1.44 bits per heavy atom. The lowest BCUT2D eigenvalue weighted by molar-refractivity contribution is 0.0205. The summed E-state index contributed by atoms with van der Waals surface area (Å²) in [5.74, 6) is -1.59. The van der Waals surface area contributed by atoms with Gasteiger partial charge in [-0.3, -0.25) is 0 Å². The van der Waals surface area contributed by atoms with E-state index in [-0.39, 0.29) is 12.5 Å². The number of rotatable bonds is 3. The van der Waals surface area contributed by atoms with Crippen LogP contribution in [0.1, 0.15) is 24.8 Å². The van der Waals surface area contributed by atoms with E-state index >= 15 is 0 Å². The summed E-state index contributed by atoms with van der Waals surface area (Å²) >= 11 is 0. The number of hydrogen-bond acceptors (Lipinski definition) is 3. The Morgan fingerprint density at radius 3 is 2.56 bits per heavy atom. The van der Waals surface area contributed by atoms with Crippen molar-refractivity contribution in [2.45, 2.75) is 37.8 Å². The third-order valence-corrected chi connectivity index (χ3v) is 4.42. The number of hydrogen-bond donors (Lipinski definition) is 1. The average molecular weight is 253 g/mol. The van der Waals surface area contributed by atoms with Crippen molar-refractivity contribution in [3.05, 3.63) is 23.9 Å². The second kappa shape index (κ2) is 3.63. The molecule has 0 aliphatic heterocycles. The van der Waals surface area contributed by atoms with Crippen molar-refractivity contribution in [2.24, 2.45) is 11.1 Å². The summed E-state index contributed by atoms with van der Waals surface area (Å²) in [5.41, 5.74) is 5.81. The zero-order chi connectivity index (χ0) is 13.0. The zero-order valence-electron chi connectivity index (χ0n) is 10.4. The second-order valence-electron chi connectivity index (χ2n) is 5.56. The molecule has 2 N–H and O–H groups in total. The minimum Gasteiger partial charge on any atom is -0.357 e. The van der Waals surface area contributed by atoms with Gasteiger partial charge in [-0.05, 0) is 24.5 Å². The molecule has 0 atom stereocenters. The average Bonchev–Trinajstić information content (AvgIpc) is 2.90. The topological polar surface area (TPSA) is 42.1 Å². The zero-order valence-corrected chi connectivity index (χ0v) is 10.4. The minimum absolute atomic E-state index is 0.0733. The molecule has 0 aromatic carbocycles. The quantitative estimate of drug-likeness (QED) is 0.897. The van der Waals surface area contributed by atoms with E-state index in [2.05, 4.69) is 4.98 Å². The normalized spacial score (nSPS) is 32.1. The Bertz CT molecular complexity index is 452. The van der Waals surface area contributed by atoms with Crippen molar-refractivity contribution in [3.8, 4) is 0 Å². The molecule has 98 valence electrons. The maximum absolute atomic E-state index is 13.1. The minimum atomic E-state index is -2.42. The van der Waals surface area contributed by atoms with Gasteiger partial charge >= 0.3 is 0 Å². The molecule has 2 saturated carbocycles. The van der Waals surface area contributed by atoms with E-state index in [9.17, 15) is 8.78 Å². The van der Waals surface area contributed by atoms with Crippen LogP contribution in [-0.2, 0) is 6.54 Å². The fraction of sp³-hybridized carbons (Fsp3) is 0.615. The Labute approximate surface area is 105 Å². The standard InChI is InChI=1S/C13H17F2N3/c1-18(11-3-2-9(6-16)7-17-11)10-4-12(5-10)8-13(12,14)15/h2-3,7,10H,4-6,8,16H2,1H3. The molecule has 1 heterocycles. The summed E-state index contributed by atoms with van der Waals surface area (Å²) in [7, 11) is 1.92. The molecule has 0 amide bonds. The molecule has 1 spiro atoms. The molecular formula is C13H17F2N3. The summed E-state index contributed by atoms with van der Waals surface area (Å²) in [6, 6.07) is 4.02. The molecule has 2 fully saturated rings. The highest BCUT2D eigenvalue weighted by molar-refractivity contribution is 5.42. The van der Waals surface area contributed by atoms with E-state index in [1.807, 2.05) is 24.1 Å². The lowest BCUT2D eigenvalue weighted by Crippen LogP contribution is -2.46. The van der Waals surface area contributed by atoms with Crippen LogP contribution in [0.15, 0.2) is 18.3 Å². The van der Waals surface area contributed by atoms with Gasteiger partial charge in [-0.15, -0.1) is 0 Å². The number of nitrogens with two attached hydrogens (primary N) is 1. The van der Waals surface area contributed by atoms with Crippen LogP contribution < -0.4 is 10.6 Å². The Balaban J connectivity index is 1.64. The predicted octanol–water partition coefficient (Wildman–Crippen LogP) is 2.16. The van der Waals surface area contributed by atoms with E-state index in [1.54, 1.807) is 6.20 Å². The van der Waals surface area contributed by atoms with Crippen molar-refractivity contribution < 1.29 is 8.78 Å². The van der Waals surface area contributed by atoms with Crippen molar-refractivity contribution in [1.29, 1.82) is 0 Å². The van der Waals surface area contributed by atoms with Gasteiger partial charge in [0.15, 0.2) is 0 Å². The van der Waals surface area contributed by atoms with Crippen LogP contribution in [0.4, 0.5) is 14.6 Å². The molecule has 2 aliphatic carbocycles. The summed E-state index contributed by atoms with van der Waals surface area (Å²) in [6.45, 7) is 0.468. The molecule has 3 nitrogen and oxygen atoms in total. The maximum Gasteiger partial charge on any atom is 0.254 e. The first kappa shape index (κ1) is 11.8. The van der Waals surface area contributed by atoms with Crippen LogP contribution in [0.2, 0.25) is 0 Å². The van der Waals surface area contributed by atoms with Crippen molar-refractivity contribution in [2.75, 3.05) is 11.9 Å². The molecule has 18 heavy (non-hydrogen) atoms. The van der Waals surface area contributed by atoms with Crippen LogP contribution in [0, 0.1) is 5.41 Å². The van der Waals surface area contributed by atoms with Gasteiger partial charge < -0.3 is 10.6 Å². The highest BCUT2D eigenvalue weighted by atomic mass is 19.3. The Morgan fingerprint density at radius 2 is 2.11 bits per heavy atom. The molecule has 3 rings (SSSR count). The fourth-order valence-corrected chi connectivity index (χ4v) is 2.87. The monoisotopic (exact) mass is 253 g/mol. The van der Waals surface area contributed by atoms with Crippen molar-refractivity contribution in [3.63, 3.8) is 0 Å². The molecule has 0 saturated heterocycles. The van der Waals surface area contributed by atoms with Crippen molar-refractivity contribution >= 4 is 5.82 Å². The molecule has 1 aromatic rings. The van der Waals surface area contributed by atoms with Crippen LogP contribution >= 0.6 is 0 Å². The molecule has 0 unspecified atom stereocenters. The number of anilines is 1. The number of nitrogens with zero attached hydrogens (tertiary/aromatic N) is 2. The van der Waals surface area contributed by atoms with Crippen LogP contribution in [0.3, 0.4) is 0 Å². The SMILES string of the molecule is CN(c1ccc(CN)cn1)C1CC2(C1)CC2(F)F. The van der Waals surface area contributed by atoms with Gasteiger partial charge in [0.2, 0.25) is 0 Å². The summed E-state index contributed by atoms with van der Waals surface area (Å²) in [5, 5.41) is 0. The highest BCUT2D eigenvalue weighted by Gasteiger charge is 2.76. The number of halogens is 2. The van der Waals surface area contributed by atoms with E-state index in [0.29, 0.717) is 19.4 Å². The first-order valence-corrected chi connectivity index (χ1v) is 6.23. The van der Waals surface area contributed by atoms with E-state index in [1.165, 1.54) is 0 Å². The molecular weight excluding hydrogens is 236 g/mol. The molecule has 0 bridgehead atoms. The maximum atomic E-state index is 13.1. The fourth-order valence-electron chi connectivity index (χ4n) is 2.87.